The van der Waals surface area contributed by atoms with E-state index in [9.17, 15) is 4.79 Å². The number of hydrogen-bond acceptors (Lipinski definition) is 5. The van der Waals surface area contributed by atoms with Gasteiger partial charge in [0.2, 0.25) is 0 Å². The number of nitrogens with zero attached hydrogens (tertiary/aromatic N) is 3. The highest BCUT2D eigenvalue weighted by Crippen LogP contribution is 2.37. The number of carbonyl (C=O) groups excluding carboxylic acids is 1. The quantitative estimate of drug-likeness (QED) is 0.630. The van der Waals surface area contributed by atoms with E-state index < -0.39 is 0 Å². The second-order valence-electron chi connectivity index (χ2n) is 8.29. The first kappa shape index (κ1) is 21.0. The van der Waals surface area contributed by atoms with E-state index in [1.165, 1.54) is 12.8 Å². The van der Waals surface area contributed by atoms with Gasteiger partial charge in [0.05, 0.1) is 19.7 Å². The number of aliphatic imine (C=N–C) groups is 1. The maximum atomic E-state index is 13.1. The Morgan fingerprint density at radius 3 is 2.59 bits per heavy atom. The topological polar surface area (TPSA) is 54.4 Å². The Bertz CT molecular complexity index is 1070. The molecule has 1 unspecified atom stereocenters. The summed E-state index contributed by atoms with van der Waals surface area (Å²) < 4.78 is 11.5. The van der Waals surface area contributed by atoms with Gasteiger partial charge in [0.1, 0.15) is 12.3 Å². The summed E-state index contributed by atoms with van der Waals surface area (Å²) in [5, 5.41) is 0.687. The zero-order valence-corrected chi connectivity index (χ0v) is 18.8. The second kappa shape index (κ2) is 8.96. The number of benzene rings is 2. The highest BCUT2D eigenvalue weighted by atomic mass is 35.5. The van der Waals surface area contributed by atoms with Crippen LogP contribution in [0, 0.1) is 0 Å². The summed E-state index contributed by atoms with van der Waals surface area (Å²) in [6.07, 6.45) is 4.59. The lowest BCUT2D eigenvalue weighted by Gasteiger charge is -2.19. The van der Waals surface area contributed by atoms with E-state index >= 15 is 0 Å². The van der Waals surface area contributed by atoms with Crippen LogP contribution in [-0.4, -0.2) is 56.4 Å². The van der Waals surface area contributed by atoms with Crippen LogP contribution >= 0.6 is 11.6 Å². The zero-order valence-electron chi connectivity index (χ0n) is 18.1. The van der Waals surface area contributed by atoms with Crippen LogP contribution in [0.4, 0.5) is 5.69 Å². The van der Waals surface area contributed by atoms with Crippen LogP contribution < -0.4 is 14.4 Å². The lowest BCUT2D eigenvalue weighted by Crippen LogP contribution is -2.27. The van der Waals surface area contributed by atoms with Crippen LogP contribution in [0.2, 0.25) is 5.02 Å². The van der Waals surface area contributed by atoms with Gasteiger partial charge >= 0.3 is 0 Å². The van der Waals surface area contributed by atoms with E-state index in [1.54, 1.807) is 12.0 Å². The van der Waals surface area contributed by atoms with Gasteiger partial charge in [-0.15, -0.1) is 0 Å². The number of hydrogen-bond donors (Lipinski definition) is 0. The number of halogens is 1. The molecule has 0 bridgehead atoms. The lowest BCUT2D eigenvalue weighted by atomic mass is 10.1. The molecule has 3 heterocycles. The Morgan fingerprint density at radius 1 is 1.09 bits per heavy atom. The number of fused-ring (bicyclic) bond motifs is 1. The number of carbonyl (C=O) groups is 1. The van der Waals surface area contributed by atoms with Gasteiger partial charge in [0.15, 0.2) is 11.5 Å². The van der Waals surface area contributed by atoms with Crippen molar-refractivity contribution < 1.29 is 14.3 Å². The largest absolute Gasteiger partial charge is 0.493 e. The van der Waals surface area contributed by atoms with Gasteiger partial charge in [-0.1, -0.05) is 23.7 Å². The molecule has 3 aliphatic heterocycles. The van der Waals surface area contributed by atoms with Crippen molar-refractivity contribution in [2.45, 2.75) is 18.9 Å². The number of rotatable bonds is 7. The number of ether oxygens (including phenoxy) is 2. The SMILES string of the molecule is COc1cc(N2CC3=CC(c4ccc(Cl)cc4)N=C3C2=O)ccc1OCCN1CCCC1. The smallest absolute Gasteiger partial charge is 0.277 e. The summed E-state index contributed by atoms with van der Waals surface area (Å²) in [4.78, 5) is 21.9. The molecule has 1 atom stereocenters. The Labute approximate surface area is 193 Å². The summed E-state index contributed by atoms with van der Waals surface area (Å²) >= 11 is 5.98. The third kappa shape index (κ3) is 4.12. The molecule has 2 fully saturated rings. The highest BCUT2D eigenvalue weighted by molar-refractivity contribution is 6.53. The third-order valence-corrected chi connectivity index (χ3v) is 6.49. The molecule has 6 nitrogen and oxygen atoms in total. The van der Waals surface area contributed by atoms with E-state index in [-0.39, 0.29) is 11.9 Å². The fourth-order valence-corrected chi connectivity index (χ4v) is 4.62. The van der Waals surface area contributed by atoms with Crippen LogP contribution in [0.25, 0.3) is 0 Å². The second-order valence-corrected chi connectivity index (χ2v) is 8.73. The molecule has 1 amide bonds. The first-order valence-electron chi connectivity index (χ1n) is 11.0. The average molecular weight is 452 g/mol. The predicted octanol–water partition coefficient (Wildman–Crippen LogP) is 4.29. The maximum absolute atomic E-state index is 13.1. The Balaban J connectivity index is 1.27. The third-order valence-electron chi connectivity index (χ3n) is 6.24. The molecular formula is C25H26ClN3O3. The number of methoxy groups -OCH3 is 1. The van der Waals surface area contributed by atoms with Crippen LogP contribution in [0.1, 0.15) is 24.4 Å². The van der Waals surface area contributed by atoms with Gasteiger partial charge in [-0.05, 0) is 61.8 Å². The monoisotopic (exact) mass is 451 g/mol. The van der Waals surface area contributed by atoms with Crippen LogP contribution in [-0.2, 0) is 4.79 Å². The van der Waals surface area contributed by atoms with Crippen molar-refractivity contribution in [1.29, 1.82) is 0 Å². The maximum Gasteiger partial charge on any atom is 0.277 e. The molecule has 0 radical (unpaired) electrons. The molecule has 0 aliphatic carbocycles. The minimum atomic E-state index is -0.135. The Morgan fingerprint density at radius 2 is 1.88 bits per heavy atom. The van der Waals surface area contributed by atoms with Gasteiger partial charge < -0.3 is 14.4 Å². The lowest BCUT2D eigenvalue weighted by molar-refractivity contribution is -0.111. The zero-order chi connectivity index (χ0) is 22.1. The molecule has 32 heavy (non-hydrogen) atoms. The van der Waals surface area contributed by atoms with E-state index in [0.717, 1.165) is 36.5 Å². The van der Waals surface area contributed by atoms with E-state index in [4.69, 9.17) is 21.1 Å². The van der Waals surface area contributed by atoms with Gasteiger partial charge in [-0.25, -0.2) is 0 Å². The van der Waals surface area contributed by atoms with Gasteiger partial charge in [0.25, 0.3) is 5.91 Å². The predicted molar refractivity (Wildman–Crippen MR) is 126 cm³/mol. The molecule has 5 rings (SSSR count). The molecule has 166 valence electrons. The number of amides is 1. The van der Waals surface area contributed by atoms with Crippen molar-refractivity contribution in [1.82, 2.24) is 4.90 Å². The van der Waals surface area contributed by atoms with Gasteiger partial charge in [0, 0.05) is 28.9 Å². The van der Waals surface area contributed by atoms with Crippen molar-refractivity contribution in [2.24, 2.45) is 4.99 Å². The minimum absolute atomic E-state index is 0.0857. The van der Waals surface area contributed by atoms with Crippen molar-refractivity contribution in [3.05, 3.63) is 64.7 Å². The summed E-state index contributed by atoms with van der Waals surface area (Å²) in [5.41, 5.74) is 3.30. The average Bonchev–Trinajstić information content (AvgIpc) is 3.53. The molecule has 2 aromatic rings. The van der Waals surface area contributed by atoms with Crippen molar-refractivity contribution in [2.75, 3.05) is 44.8 Å². The van der Waals surface area contributed by atoms with Crippen LogP contribution in [0.5, 0.6) is 11.5 Å². The highest BCUT2D eigenvalue weighted by Gasteiger charge is 2.37. The summed E-state index contributed by atoms with van der Waals surface area (Å²) in [6, 6.07) is 13.1. The fourth-order valence-electron chi connectivity index (χ4n) is 4.49. The standard InChI is InChI=1S/C25H26ClN3O3/c1-31-23-15-20(8-9-22(23)32-13-12-28-10-2-3-11-28)29-16-18-14-21(27-24(18)25(29)30)17-4-6-19(26)7-5-17/h4-9,14-15,21H,2-3,10-13,16H2,1H3. The van der Waals surface area contributed by atoms with Crippen LogP contribution in [0.3, 0.4) is 0 Å². The fraction of sp³-hybridized carbons (Fsp3) is 0.360. The van der Waals surface area contributed by atoms with Crippen molar-refractivity contribution >= 4 is 28.9 Å². The first-order valence-corrected chi connectivity index (χ1v) is 11.4. The number of anilines is 1. The molecule has 0 aromatic heterocycles. The summed E-state index contributed by atoms with van der Waals surface area (Å²) in [5.74, 6) is 1.24. The molecule has 2 saturated heterocycles. The van der Waals surface area contributed by atoms with Gasteiger partial charge in [-0.3, -0.25) is 14.7 Å². The Kier molecular flexibility index (Phi) is 5.89. The molecule has 3 aliphatic rings. The van der Waals surface area contributed by atoms with E-state index in [0.29, 0.717) is 35.4 Å². The molecule has 0 spiro atoms. The normalized spacial score (nSPS) is 20.4. The Hall–Kier alpha value is -2.83. The van der Waals surface area contributed by atoms with E-state index in [2.05, 4.69) is 16.0 Å². The molecule has 7 heteroatoms. The summed E-state index contributed by atoms with van der Waals surface area (Å²) in [7, 11) is 1.62. The first-order chi connectivity index (χ1) is 15.6. The summed E-state index contributed by atoms with van der Waals surface area (Å²) in [6.45, 7) is 4.33. The molecular weight excluding hydrogens is 426 g/mol. The van der Waals surface area contributed by atoms with Crippen molar-refractivity contribution in [3.8, 4) is 11.5 Å². The van der Waals surface area contributed by atoms with Crippen LogP contribution in [0.15, 0.2) is 59.1 Å². The minimum Gasteiger partial charge on any atom is -0.493 e. The molecule has 0 N–H and O–H groups in total. The molecule has 2 aromatic carbocycles. The number of likely N-dealkylation sites (tertiary alicyclic amines) is 1. The molecule has 0 saturated carbocycles. The van der Waals surface area contributed by atoms with E-state index in [1.807, 2.05) is 42.5 Å². The van der Waals surface area contributed by atoms with Gasteiger partial charge in [-0.2, -0.15) is 0 Å². The van der Waals surface area contributed by atoms with Crippen molar-refractivity contribution in [3.63, 3.8) is 0 Å².